The number of carbonyl (C=O) groups is 2. The lowest BCUT2D eigenvalue weighted by Gasteiger charge is -2.58. The van der Waals surface area contributed by atoms with E-state index in [1.54, 1.807) is 36.8 Å². The van der Waals surface area contributed by atoms with Crippen LogP contribution >= 0.6 is 0 Å². The van der Waals surface area contributed by atoms with E-state index < -0.39 is 0 Å². The van der Waals surface area contributed by atoms with Gasteiger partial charge in [-0.1, -0.05) is 58.6 Å². The largest absolute Gasteiger partial charge is 0.446 e. The molecule has 56 heavy (non-hydrogen) atoms. The number of aromatic nitrogens is 2. The monoisotopic (exact) mass is 777 g/mol. The van der Waals surface area contributed by atoms with Crippen molar-refractivity contribution in [3.05, 3.63) is 47.4 Å². The summed E-state index contributed by atoms with van der Waals surface area (Å²) in [7, 11) is 0. The molecule has 1 aromatic heterocycles. The number of aryl methyl sites for hydroxylation is 1. The van der Waals surface area contributed by atoms with Crippen LogP contribution in [0.3, 0.4) is 0 Å². The van der Waals surface area contributed by atoms with Gasteiger partial charge in [-0.05, 0) is 116 Å². The van der Waals surface area contributed by atoms with Gasteiger partial charge in [0.05, 0.1) is 39.6 Å². The molecule has 0 radical (unpaired) electrons. The zero-order valence-electron chi connectivity index (χ0n) is 34.7. The summed E-state index contributed by atoms with van der Waals surface area (Å²) in [5.41, 5.74) is 3.63. The van der Waals surface area contributed by atoms with Gasteiger partial charge in [-0.2, -0.15) is 0 Å². The van der Waals surface area contributed by atoms with Crippen LogP contribution in [0, 0.1) is 47.3 Å². The van der Waals surface area contributed by atoms with Crippen LogP contribution in [0.5, 0.6) is 0 Å². The van der Waals surface area contributed by atoms with E-state index in [1.165, 1.54) is 57.8 Å². The molecule has 3 saturated carbocycles. The summed E-state index contributed by atoms with van der Waals surface area (Å²) in [5.74, 6) is 4.94. The molecule has 0 bridgehead atoms. The third-order valence-electron chi connectivity index (χ3n) is 13.8. The number of unbranched alkanes of at least 4 members (excludes halogenated alkanes) is 1. The van der Waals surface area contributed by atoms with Crippen LogP contribution in [-0.2, 0) is 18.9 Å². The van der Waals surface area contributed by atoms with Gasteiger partial charge in [-0.15, -0.1) is 10.2 Å². The molecule has 0 spiro atoms. The lowest BCUT2D eigenvalue weighted by molar-refractivity contribution is -0.0519. The van der Waals surface area contributed by atoms with Crippen LogP contribution in [0.1, 0.15) is 121 Å². The van der Waals surface area contributed by atoms with Gasteiger partial charge in [0.2, 0.25) is 11.8 Å². The normalized spacial score (nSPS) is 28.2. The van der Waals surface area contributed by atoms with Crippen LogP contribution in [-0.4, -0.2) is 81.0 Å². The molecule has 7 atom stereocenters. The van der Waals surface area contributed by atoms with E-state index in [1.807, 2.05) is 0 Å². The van der Waals surface area contributed by atoms with Gasteiger partial charge < -0.3 is 34.0 Å². The number of hydrogen-bond acceptors (Lipinski definition) is 9. The molecule has 6 rings (SSSR count). The van der Waals surface area contributed by atoms with Crippen LogP contribution in [0.25, 0.3) is 11.5 Å². The third-order valence-corrected chi connectivity index (χ3v) is 13.8. The number of carbonyl (C=O) groups excluding carboxylic acids is 2. The molecule has 4 aliphatic rings. The van der Waals surface area contributed by atoms with Crippen molar-refractivity contribution in [3.63, 3.8) is 0 Å². The molecule has 2 aromatic rings. The van der Waals surface area contributed by atoms with Crippen LogP contribution in [0.2, 0.25) is 0 Å². The van der Waals surface area contributed by atoms with Crippen molar-refractivity contribution in [1.29, 1.82) is 0 Å². The fraction of sp³-hybridized carbons (Fsp3) is 0.733. The minimum absolute atomic E-state index is 0.0551. The highest BCUT2D eigenvalue weighted by Gasteiger charge is 2.58. The Morgan fingerprint density at radius 3 is 2.27 bits per heavy atom. The van der Waals surface area contributed by atoms with Crippen molar-refractivity contribution >= 4 is 12.0 Å². The number of allylic oxidation sites excluding steroid dienone is 1. The van der Waals surface area contributed by atoms with Crippen LogP contribution in [0.15, 0.2) is 40.3 Å². The highest BCUT2D eigenvalue weighted by atomic mass is 16.6. The number of alkyl carbamates (subject to hydrolysis) is 1. The van der Waals surface area contributed by atoms with E-state index in [0.717, 1.165) is 54.4 Å². The number of nitrogens with one attached hydrogen (secondary N) is 2. The maximum absolute atomic E-state index is 12.7. The number of hydrogen-bond donors (Lipinski definition) is 2. The van der Waals surface area contributed by atoms with Crippen molar-refractivity contribution in [2.24, 2.45) is 40.4 Å². The standard InChI is InChI=1S/C45H68N4O7/c1-31(2)8-6-7-9-35-15-17-39-38-16-14-36-30-37(18-20-45(36,5)40(38)19-21-44(35,39)4)56-43(51)47-23-25-53-27-29-54-28-26-52-24-22-46-41(50)33-10-12-34(13-11-33)42-49-48-32(3)55-42/h10-14,31,35,37-40H,6-9,15-30H2,1-5H3,(H,46,50)(H,47,51). The Morgan fingerprint density at radius 2 is 1.57 bits per heavy atom. The topological polar surface area (TPSA) is 134 Å². The smallest absolute Gasteiger partial charge is 0.407 e. The molecule has 1 heterocycles. The first-order valence-electron chi connectivity index (χ1n) is 21.6. The number of benzene rings is 1. The van der Waals surface area contributed by atoms with Gasteiger partial charge in [0.1, 0.15) is 6.10 Å². The molecule has 11 nitrogen and oxygen atoms in total. The van der Waals surface area contributed by atoms with E-state index >= 15 is 0 Å². The minimum atomic E-state index is -0.353. The van der Waals surface area contributed by atoms with Gasteiger partial charge in [0, 0.05) is 37.6 Å². The SMILES string of the molecule is Cc1nnc(-c2ccc(C(=O)NCCOCCOCCOCCNC(=O)OC3CCC4(C)C(=CCC5C4CCC4(C)C(CCCCC(C)C)CCC54)C3)cc2)o1. The molecule has 11 heteroatoms. The van der Waals surface area contributed by atoms with Crippen molar-refractivity contribution in [2.45, 2.75) is 118 Å². The number of fused-ring (bicyclic) bond motifs is 5. The van der Waals surface area contributed by atoms with E-state index in [9.17, 15) is 9.59 Å². The average Bonchev–Trinajstić information content (AvgIpc) is 3.77. The number of nitrogens with zero attached hydrogens (tertiary/aromatic N) is 2. The van der Waals surface area contributed by atoms with E-state index in [4.69, 9.17) is 23.4 Å². The third kappa shape index (κ3) is 10.6. The number of rotatable bonds is 20. The van der Waals surface area contributed by atoms with Gasteiger partial charge in [0.15, 0.2) is 0 Å². The zero-order chi connectivity index (χ0) is 39.5. The highest BCUT2D eigenvalue weighted by Crippen LogP contribution is 2.66. The lowest BCUT2D eigenvalue weighted by Crippen LogP contribution is -2.50. The van der Waals surface area contributed by atoms with E-state index in [2.05, 4.69) is 54.6 Å². The predicted octanol–water partition coefficient (Wildman–Crippen LogP) is 8.71. The maximum Gasteiger partial charge on any atom is 0.407 e. The Hall–Kier alpha value is -3.28. The van der Waals surface area contributed by atoms with Gasteiger partial charge in [-0.3, -0.25) is 4.79 Å². The Kier molecular flexibility index (Phi) is 15.1. The first kappa shape index (κ1) is 42.3. The number of ether oxygens (including phenoxy) is 4. The maximum atomic E-state index is 12.7. The molecule has 2 amide bonds. The first-order chi connectivity index (χ1) is 27.1. The summed E-state index contributed by atoms with van der Waals surface area (Å²) in [6, 6.07) is 7.00. The summed E-state index contributed by atoms with van der Waals surface area (Å²) in [4.78, 5) is 25.1. The summed E-state index contributed by atoms with van der Waals surface area (Å²) >= 11 is 0. The average molecular weight is 777 g/mol. The van der Waals surface area contributed by atoms with Gasteiger partial charge in [0.25, 0.3) is 5.91 Å². The van der Waals surface area contributed by atoms with Crippen molar-refractivity contribution in [3.8, 4) is 11.5 Å². The van der Waals surface area contributed by atoms with Crippen molar-refractivity contribution < 1.29 is 33.0 Å². The Bertz CT molecular complexity index is 1590. The Labute approximate surface area is 334 Å². The molecule has 0 saturated heterocycles. The summed E-state index contributed by atoms with van der Waals surface area (Å²) in [6.45, 7) is 14.9. The van der Waals surface area contributed by atoms with Crippen LogP contribution < -0.4 is 10.6 Å². The predicted molar refractivity (Wildman–Crippen MR) is 216 cm³/mol. The van der Waals surface area contributed by atoms with Crippen molar-refractivity contribution in [2.75, 3.05) is 52.7 Å². The molecule has 310 valence electrons. The molecular formula is C45H68N4O7. The number of amides is 2. The molecule has 1 aromatic carbocycles. The van der Waals surface area contributed by atoms with Gasteiger partial charge >= 0.3 is 6.09 Å². The van der Waals surface area contributed by atoms with E-state index in [0.29, 0.717) is 75.5 Å². The fourth-order valence-corrected chi connectivity index (χ4v) is 10.7. The first-order valence-corrected chi connectivity index (χ1v) is 21.6. The molecule has 4 aliphatic carbocycles. The molecular weight excluding hydrogens is 709 g/mol. The summed E-state index contributed by atoms with van der Waals surface area (Å²) in [5, 5.41) is 13.5. The lowest BCUT2D eigenvalue weighted by atomic mass is 9.47. The van der Waals surface area contributed by atoms with Crippen LogP contribution in [0.4, 0.5) is 4.79 Å². The fourth-order valence-electron chi connectivity index (χ4n) is 10.7. The second kappa shape index (κ2) is 19.9. The summed E-state index contributed by atoms with van der Waals surface area (Å²) in [6.07, 6.45) is 17.5. The minimum Gasteiger partial charge on any atom is -0.446 e. The molecule has 2 N–H and O–H groups in total. The summed E-state index contributed by atoms with van der Waals surface area (Å²) < 4.78 is 28.1. The molecule has 7 unspecified atom stereocenters. The second-order valence-electron chi connectivity index (χ2n) is 17.7. The molecule has 0 aliphatic heterocycles. The zero-order valence-corrected chi connectivity index (χ0v) is 34.7. The Balaban J connectivity index is 0.779. The van der Waals surface area contributed by atoms with Gasteiger partial charge in [-0.25, -0.2) is 4.79 Å². The quantitative estimate of drug-likeness (QED) is 0.100. The van der Waals surface area contributed by atoms with E-state index in [-0.39, 0.29) is 23.5 Å². The van der Waals surface area contributed by atoms with Crippen molar-refractivity contribution in [1.82, 2.24) is 20.8 Å². The highest BCUT2D eigenvalue weighted by molar-refractivity contribution is 5.94. The Morgan fingerprint density at radius 1 is 0.857 bits per heavy atom. The molecule has 3 fully saturated rings. The second-order valence-corrected chi connectivity index (χ2v) is 17.7.